The molecule has 1 aromatic heterocycles. The lowest BCUT2D eigenvalue weighted by atomic mass is 10.2. The minimum absolute atomic E-state index is 0.316. The Morgan fingerprint density at radius 2 is 2.19 bits per heavy atom. The van der Waals surface area contributed by atoms with Gasteiger partial charge >= 0.3 is 5.97 Å². The summed E-state index contributed by atoms with van der Waals surface area (Å²) in [5, 5.41) is 2.82. The fraction of sp³-hybridized carbons (Fsp3) is 0.300. The number of hydrogen-bond donors (Lipinski definition) is 2. The van der Waals surface area contributed by atoms with Gasteiger partial charge in [-0.15, -0.1) is 0 Å². The number of aromatic nitrogens is 1. The van der Waals surface area contributed by atoms with Crippen molar-refractivity contribution in [3.63, 3.8) is 0 Å². The summed E-state index contributed by atoms with van der Waals surface area (Å²) < 4.78 is 4.54. The molecule has 0 bridgehead atoms. The summed E-state index contributed by atoms with van der Waals surface area (Å²) in [5.74, 6) is -0.455. The van der Waals surface area contributed by atoms with Gasteiger partial charge < -0.3 is 15.8 Å². The number of amides is 1. The van der Waals surface area contributed by atoms with E-state index in [1.54, 1.807) is 13.0 Å². The quantitative estimate of drug-likeness (QED) is 0.709. The third-order valence-corrected chi connectivity index (χ3v) is 1.97. The second-order valence-corrected chi connectivity index (χ2v) is 3.19. The van der Waals surface area contributed by atoms with Gasteiger partial charge in [0.2, 0.25) is 5.91 Å². The molecule has 6 nitrogen and oxygen atoms in total. The Labute approximate surface area is 92.8 Å². The lowest BCUT2D eigenvalue weighted by molar-refractivity contribution is -0.141. The molecular weight excluding hydrogens is 210 g/mol. The molecular formula is C10H13N3O3. The first-order valence-corrected chi connectivity index (χ1v) is 4.65. The monoisotopic (exact) mass is 223 g/mol. The number of ether oxygens (including phenoxy) is 1. The number of nitrogens with one attached hydrogen (secondary N) is 1. The smallest absolute Gasteiger partial charge is 0.328 e. The van der Waals surface area contributed by atoms with E-state index in [2.05, 4.69) is 15.0 Å². The molecule has 0 aliphatic carbocycles. The Morgan fingerprint density at radius 1 is 1.50 bits per heavy atom. The minimum Gasteiger partial charge on any atom is -0.467 e. The highest BCUT2D eigenvalue weighted by Gasteiger charge is 2.12. The molecule has 16 heavy (non-hydrogen) atoms. The Hall–Kier alpha value is -2.11. The molecule has 0 saturated carbocycles. The zero-order chi connectivity index (χ0) is 12.1. The first-order valence-electron chi connectivity index (χ1n) is 4.65. The van der Waals surface area contributed by atoms with Gasteiger partial charge in [-0.05, 0) is 19.1 Å². The van der Waals surface area contributed by atoms with Gasteiger partial charge in [0.15, 0.2) is 0 Å². The van der Waals surface area contributed by atoms with Gasteiger partial charge in [-0.3, -0.25) is 4.79 Å². The third-order valence-electron chi connectivity index (χ3n) is 1.97. The average molecular weight is 223 g/mol. The van der Waals surface area contributed by atoms with Crippen LogP contribution >= 0.6 is 0 Å². The maximum absolute atomic E-state index is 11.1. The molecule has 1 rings (SSSR count). The third kappa shape index (κ3) is 2.94. The van der Waals surface area contributed by atoms with E-state index < -0.39 is 11.9 Å². The molecule has 0 aliphatic rings. The standard InChI is InChI=1S/C10H13N3O3/c1-6(10(15)16-2)13-8-4-3-7(5-12-8)9(11)14/h3-6H,1-2H3,(H2,11,14)(H,12,13). The van der Waals surface area contributed by atoms with E-state index >= 15 is 0 Å². The van der Waals surface area contributed by atoms with Crippen LogP contribution in [-0.4, -0.2) is 30.0 Å². The van der Waals surface area contributed by atoms with Crippen molar-refractivity contribution in [3.05, 3.63) is 23.9 Å². The van der Waals surface area contributed by atoms with Gasteiger partial charge in [-0.25, -0.2) is 9.78 Å². The van der Waals surface area contributed by atoms with Crippen molar-refractivity contribution >= 4 is 17.7 Å². The molecule has 3 N–H and O–H groups in total. The fourth-order valence-electron chi connectivity index (χ4n) is 1.08. The van der Waals surface area contributed by atoms with Crippen LogP contribution in [0.15, 0.2) is 18.3 Å². The maximum atomic E-state index is 11.1. The average Bonchev–Trinajstić information content (AvgIpc) is 2.28. The van der Waals surface area contributed by atoms with E-state index in [-0.39, 0.29) is 5.97 Å². The van der Waals surface area contributed by atoms with E-state index in [0.717, 1.165) is 0 Å². The van der Waals surface area contributed by atoms with Crippen molar-refractivity contribution in [2.45, 2.75) is 13.0 Å². The highest BCUT2D eigenvalue weighted by atomic mass is 16.5. The largest absolute Gasteiger partial charge is 0.467 e. The van der Waals surface area contributed by atoms with Gasteiger partial charge in [-0.1, -0.05) is 0 Å². The summed E-state index contributed by atoms with van der Waals surface area (Å²) in [6.45, 7) is 1.65. The zero-order valence-corrected chi connectivity index (χ0v) is 9.06. The van der Waals surface area contributed by atoms with Gasteiger partial charge in [0.05, 0.1) is 12.7 Å². The summed E-state index contributed by atoms with van der Waals surface area (Å²) in [5.41, 5.74) is 5.38. The molecule has 0 aromatic carbocycles. The summed E-state index contributed by atoms with van der Waals surface area (Å²) in [4.78, 5) is 25.8. The number of nitrogens with zero attached hydrogens (tertiary/aromatic N) is 1. The van der Waals surface area contributed by atoms with Crippen molar-refractivity contribution in [1.29, 1.82) is 0 Å². The predicted octanol–water partition coefficient (Wildman–Crippen LogP) is 0.154. The summed E-state index contributed by atoms with van der Waals surface area (Å²) in [6, 6.07) is 2.60. The Kier molecular flexibility index (Phi) is 3.82. The maximum Gasteiger partial charge on any atom is 0.328 e. The number of anilines is 1. The van der Waals surface area contributed by atoms with Crippen LogP contribution in [0.4, 0.5) is 5.82 Å². The van der Waals surface area contributed by atoms with Crippen LogP contribution in [0.25, 0.3) is 0 Å². The number of esters is 1. The topological polar surface area (TPSA) is 94.3 Å². The lowest BCUT2D eigenvalue weighted by Gasteiger charge is -2.11. The number of carbonyl (C=O) groups is 2. The van der Waals surface area contributed by atoms with Gasteiger partial charge in [0.1, 0.15) is 11.9 Å². The van der Waals surface area contributed by atoms with Crippen LogP contribution in [0, 0.1) is 0 Å². The first-order chi connectivity index (χ1) is 7.54. The second-order valence-electron chi connectivity index (χ2n) is 3.19. The molecule has 0 fully saturated rings. The fourth-order valence-corrected chi connectivity index (χ4v) is 1.08. The number of hydrogen-bond acceptors (Lipinski definition) is 5. The van der Waals surface area contributed by atoms with E-state index in [1.165, 1.54) is 19.4 Å². The normalized spacial score (nSPS) is 11.6. The number of nitrogens with two attached hydrogens (primary N) is 1. The molecule has 1 amide bonds. The number of rotatable bonds is 4. The van der Waals surface area contributed by atoms with Crippen molar-refractivity contribution < 1.29 is 14.3 Å². The van der Waals surface area contributed by atoms with Crippen LogP contribution < -0.4 is 11.1 Å². The van der Waals surface area contributed by atoms with Crippen molar-refractivity contribution in [2.24, 2.45) is 5.73 Å². The van der Waals surface area contributed by atoms with E-state index in [4.69, 9.17) is 5.73 Å². The second kappa shape index (κ2) is 5.11. The molecule has 6 heteroatoms. The highest BCUT2D eigenvalue weighted by molar-refractivity contribution is 5.92. The molecule has 1 heterocycles. The minimum atomic E-state index is -0.542. The van der Waals surface area contributed by atoms with Gasteiger partial charge in [0, 0.05) is 6.20 Å². The van der Waals surface area contributed by atoms with Crippen LogP contribution in [0.5, 0.6) is 0 Å². The summed E-state index contributed by atoms with van der Waals surface area (Å²) in [6.07, 6.45) is 1.34. The lowest BCUT2D eigenvalue weighted by Crippen LogP contribution is -2.27. The molecule has 86 valence electrons. The van der Waals surface area contributed by atoms with Crippen molar-refractivity contribution in [2.75, 3.05) is 12.4 Å². The molecule has 1 unspecified atom stereocenters. The summed E-state index contributed by atoms with van der Waals surface area (Å²) in [7, 11) is 1.31. The van der Waals surface area contributed by atoms with Crippen LogP contribution in [0.2, 0.25) is 0 Å². The number of pyridine rings is 1. The van der Waals surface area contributed by atoms with E-state index in [9.17, 15) is 9.59 Å². The van der Waals surface area contributed by atoms with Crippen LogP contribution in [-0.2, 0) is 9.53 Å². The molecule has 0 aliphatic heterocycles. The van der Waals surface area contributed by atoms with E-state index in [0.29, 0.717) is 11.4 Å². The molecule has 0 radical (unpaired) electrons. The highest BCUT2D eigenvalue weighted by Crippen LogP contribution is 2.06. The van der Waals surface area contributed by atoms with Crippen LogP contribution in [0.1, 0.15) is 17.3 Å². The molecule has 1 aromatic rings. The Bertz CT molecular complexity index is 389. The molecule has 0 saturated heterocycles. The molecule has 0 spiro atoms. The predicted molar refractivity (Wildman–Crippen MR) is 57.9 cm³/mol. The van der Waals surface area contributed by atoms with E-state index in [1.807, 2.05) is 0 Å². The number of primary amides is 1. The van der Waals surface area contributed by atoms with Gasteiger partial charge in [0.25, 0.3) is 0 Å². The summed E-state index contributed by atoms with van der Waals surface area (Å²) >= 11 is 0. The van der Waals surface area contributed by atoms with Crippen molar-refractivity contribution in [1.82, 2.24) is 4.98 Å². The van der Waals surface area contributed by atoms with Crippen molar-refractivity contribution in [3.8, 4) is 0 Å². The Balaban J connectivity index is 2.68. The van der Waals surface area contributed by atoms with Crippen LogP contribution in [0.3, 0.4) is 0 Å². The SMILES string of the molecule is COC(=O)C(C)Nc1ccc(C(N)=O)cn1. The first kappa shape index (κ1) is 12.0. The van der Waals surface area contributed by atoms with Gasteiger partial charge in [-0.2, -0.15) is 0 Å². The Morgan fingerprint density at radius 3 is 2.62 bits per heavy atom. The zero-order valence-electron chi connectivity index (χ0n) is 9.06. The number of carbonyl (C=O) groups excluding carboxylic acids is 2. The number of methoxy groups -OCH3 is 1. The molecule has 1 atom stereocenters.